The molecule has 6 aromatic heterocycles. The number of rotatable bonds is 6. The van der Waals surface area contributed by atoms with Crippen LogP contribution in [0.25, 0.3) is 55.2 Å². The van der Waals surface area contributed by atoms with Crippen LogP contribution in [0.1, 0.15) is 0 Å². The first-order valence-corrected chi connectivity index (χ1v) is 12.2. The molecule has 0 aliphatic rings. The van der Waals surface area contributed by atoms with Gasteiger partial charge in [0.1, 0.15) is 11.2 Å². The molecule has 178 valence electrons. The summed E-state index contributed by atoms with van der Waals surface area (Å²) < 4.78 is 0. The number of carbonyl (C=O) groups is 1. The van der Waals surface area contributed by atoms with Gasteiger partial charge in [0.15, 0.2) is 0 Å². The first-order valence-electron chi connectivity index (χ1n) is 11.3. The quantitative estimate of drug-likeness (QED) is 0.307. The van der Waals surface area contributed by atoms with Gasteiger partial charge in [0, 0.05) is 28.9 Å². The SMILES string of the molecule is CN(C)CC(=O)Nc1cncc(-c2ccc3[nH]nc(-c4cc5c(-c6cccs6)nccc5[nH]4)c3n2)c1. The number of hydrogen-bond acceptors (Lipinski definition) is 7. The molecule has 0 spiro atoms. The monoisotopic (exact) mass is 494 g/mol. The molecule has 36 heavy (non-hydrogen) atoms. The topological polar surface area (TPSA) is 115 Å². The largest absolute Gasteiger partial charge is 0.353 e. The van der Waals surface area contributed by atoms with Crippen LogP contribution in [-0.4, -0.2) is 61.6 Å². The molecule has 0 bridgehead atoms. The molecule has 0 aliphatic carbocycles. The Hall–Kier alpha value is -4.41. The molecule has 3 N–H and O–H groups in total. The molecule has 0 saturated heterocycles. The third kappa shape index (κ3) is 4.12. The molecule has 0 aliphatic heterocycles. The number of amides is 1. The molecule has 0 radical (unpaired) electrons. The molecule has 6 heterocycles. The van der Waals surface area contributed by atoms with Crippen molar-refractivity contribution in [2.24, 2.45) is 0 Å². The van der Waals surface area contributed by atoms with E-state index in [4.69, 9.17) is 4.98 Å². The average molecular weight is 495 g/mol. The van der Waals surface area contributed by atoms with Gasteiger partial charge >= 0.3 is 0 Å². The maximum absolute atomic E-state index is 12.2. The van der Waals surface area contributed by atoms with Crippen molar-refractivity contribution in [1.29, 1.82) is 0 Å². The van der Waals surface area contributed by atoms with E-state index in [1.807, 2.05) is 60.9 Å². The summed E-state index contributed by atoms with van der Waals surface area (Å²) in [4.78, 5) is 32.4. The van der Waals surface area contributed by atoms with Crippen molar-refractivity contribution in [2.75, 3.05) is 26.0 Å². The molecule has 0 unspecified atom stereocenters. The van der Waals surface area contributed by atoms with Gasteiger partial charge in [0.25, 0.3) is 0 Å². The Morgan fingerprint density at radius 2 is 2.00 bits per heavy atom. The fourth-order valence-electron chi connectivity index (χ4n) is 4.17. The fourth-order valence-corrected chi connectivity index (χ4v) is 4.91. The minimum atomic E-state index is -0.102. The van der Waals surface area contributed by atoms with Crippen LogP contribution in [0.4, 0.5) is 5.69 Å². The van der Waals surface area contributed by atoms with Crippen LogP contribution < -0.4 is 5.32 Å². The Balaban J connectivity index is 1.38. The lowest BCUT2D eigenvalue weighted by Gasteiger charge is -2.10. The summed E-state index contributed by atoms with van der Waals surface area (Å²) >= 11 is 1.66. The summed E-state index contributed by atoms with van der Waals surface area (Å²) in [5.41, 5.74) is 7.24. The molecular weight excluding hydrogens is 472 g/mol. The standard InChI is InChI=1S/C26H22N8OS/c1-34(2)14-23(35)29-16-10-15(12-27-13-16)18-5-6-20-25(31-18)26(33-32-20)21-11-17-19(30-21)7-8-28-24(17)22-4-3-9-36-22/h3-13,30H,14H2,1-2H3,(H,29,35)(H,32,33). The maximum Gasteiger partial charge on any atom is 0.238 e. The minimum Gasteiger partial charge on any atom is -0.353 e. The van der Waals surface area contributed by atoms with E-state index in [1.165, 1.54) is 0 Å². The van der Waals surface area contributed by atoms with Crippen molar-refractivity contribution in [3.05, 3.63) is 66.4 Å². The Labute approximate surface area is 210 Å². The lowest BCUT2D eigenvalue weighted by atomic mass is 10.1. The van der Waals surface area contributed by atoms with E-state index in [0.29, 0.717) is 12.2 Å². The van der Waals surface area contributed by atoms with Gasteiger partial charge in [-0.15, -0.1) is 11.3 Å². The van der Waals surface area contributed by atoms with Gasteiger partial charge in [0.05, 0.1) is 45.9 Å². The van der Waals surface area contributed by atoms with Crippen molar-refractivity contribution in [3.63, 3.8) is 0 Å². The number of aromatic amines is 2. The molecule has 1 amide bonds. The maximum atomic E-state index is 12.2. The Morgan fingerprint density at radius 3 is 2.83 bits per heavy atom. The second-order valence-electron chi connectivity index (χ2n) is 8.69. The van der Waals surface area contributed by atoms with Gasteiger partial charge in [-0.05, 0) is 55.9 Å². The summed E-state index contributed by atoms with van der Waals surface area (Å²) in [6.07, 6.45) is 5.17. The van der Waals surface area contributed by atoms with Gasteiger partial charge in [-0.25, -0.2) is 4.98 Å². The lowest BCUT2D eigenvalue weighted by Crippen LogP contribution is -2.27. The smallest absolute Gasteiger partial charge is 0.238 e. The molecular formula is C26H22N8OS. The highest BCUT2D eigenvalue weighted by Gasteiger charge is 2.16. The first-order chi connectivity index (χ1) is 17.5. The molecule has 6 aromatic rings. The highest BCUT2D eigenvalue weighted by Crippen LogP contribution is 2.34. The lowest BCUT2D eigenvalue weighted by molar-refractivity contribution is -0.116. The first kappa shape index (κ1) is 22.1. The number of carbonyl (C=O) groups excluding carboxylic acids is 1. The van der Waals surface area contributed by atoms with Crippen molar-refractivity contribution in [3.8, 4) is 33.2 Å². The Morgan fingerprint density at radius 1 is 1.08 bits per heavy atom. The summed E-state index contributed by atoms with van der Waals surface area (Å²) in [7, 11) is 3.70. The van der Waals surface area contributed by atoms with E-state index in [9.17, 15) is 4.79 Å². The van der Waals surface area contributed by atoms with Crippen LogP contribution in [0, 0.1) is 0 Å². The normalized spacial score (nSPS) is 11.5. The van der Waals surface area contributed by atoms with Crippen LogP contribution in [0.5, 0.6) is 0 Å². The number of fused-ring (bicyclic) bond motifs is 2. The molecule has 0 saturated carbocycles. The predicted molar refractivity (Wildman–Crippen MR) is 143 cm³/mol. The Bertz CT molecular complexity index is 1700. The fraction of sp³-hybridized carbons (Fsp3) is 0.115. The van der Waals surface area contributed by atoms with Gasteiger partial charge in [-0.3, -0.25) is 19.9 Å². The predicted octanol–water partition coefficient (Wildman–Crippen LogP) is 4.79. The number of nitrogens with one attached hydrogen (secondary N) is 3. The molecule has 0 fully saturated rings. The van der Waals surface area contributed by atoms with Gasteiger partial charge in [0.2, 0.25) is 5.91 Å². The van der Waals surface area contributed by atoms with E-state index in [2.05, 4.69) is 42.6 Å². The second-order valence-corrected chi connectivity index (χ2v) is 9.64. The zero-order valence-electron chi connectivity index (χ0n) is 19.6. The van der Waals surface area contributed by atoms with Crippen LogP contribution in [0.2, 0.25) is 0 Å². The third-order valence-electron chi connectivity index (χ3n) is 5.74. The number of H-pyrrole nitrogens is 2. The number of thiophene rings is 1. The molecule has 0 aromatic carbocycles. The Kier molecular flexibility index (Phi) is 5.51. The van der Waals surface area contributed by atoms with Crippen LogP contribution in [0.15, 0.2) is 66.4 Å². The van der Waals surface area contributed by atoms with Crippen LogP contribution >= 0.6 is 11.3 Å². The second kappa shape index (κ2) is 8.99. The highest BCUT2D eigenvalue weighted by atomic mass is 32.1. The van der Waals surface area contributed by atoms with E-state index in [0.717, 1.165) is 55.2 Å². The number of pyridine rings is 3. The van der Waals surface area contributed by atoms with Gasteiger partial charge in [-0.1, -0.05) is 6.07 Å². The molecule has 10 heteroatoms. The van der Waals surface area contributed by atoms with E-state index >= 15 is 0 Å². The van der Waals surface area contributed by atoms with Crippen LogP contribution in [0.3, 0.4) is 0 Å². The van der Waals surface area contributed by atoms with Crippen molar-refractivity contribution < 1.29 is 4.79 Å². The number of anilines is 1. The molecule has 9 nitrogen and oxygen atoms in total. The van der Waals surface area contributed by atoms with E-state index in [-0.39, 0.29) is 5.91 Å². The highest BCUT2D eigenvalue weighted by molar-refractivity contribution is 7.13. The van der Waals surface area contributed by atoms with Gasteiger partial charge < -0.3 is 15.2 Å². The number of nitrogens with zero attached hydrogens (tertiary/aromatic N) is 5. The molecule has 0 atom stereocenters. The zero-order chi connectivity index (χ0) is 24.6. The summed E-state index contributed by atoms with van der Waals surface area (Å²) in [5, 5.41) is 13.6. The molecule has 6 rings (SSSR count). The summed E-state index contributed by atoms with van der Waals surface area (Å²) in [5.74, 6) is -0.102. The van der Waals surface area contributed by atoms with Gasteiger partial charge in [-0.2, -0.15) is 5.10 Å². The summed E-state index contributed by atoms with van der Waals surface area (Å²) in [6, 6.07) is 13.9. The summed E-state index contributed by atoms with van der Waals surface area (Å²) in [6.45, 7) is 0.293. The zero-order valence-corrected chi connectivity index (χ0v) is 20.4. The van der Waals surface area contributed by atoms with E-state index < -0.39 is 0 Å². The third-order valence-corrected chi connectivity index (χ3v) is 6.62. The van der Waals surface area contributed by atoms with Crippen molar-refractivity contribution in [1.82, 2.24) is 35.0 Å². The van der Waals surface area contributed by atoms with Crippen molar-refractivity contribution in [2.45, 2.75) is 0 Å². The van der Waals surface area contributed by atoms with Crippen LogP contribution in [-0.2, 0) is 4.79 Å². The van der Waals surface area contributed by atoms with Crippen molar-refractivity contribution >= 4 is 44.9 Å². The average Bonchev–Trinajstić information content (AvgIpc) is 3.62. The minimum absolute atomic E-state index is 0.102. The number of likely N-dealkylation sites (N-methyl/N-ethyl adjacent to an activating group) is 1. The number of hydrogen-bond donors (Lipinski definition) is 3. The number of aromatic nitrogens is 6. The van der Waals surface area contributed by atoms with E-state index in [1.54, 1.807) is 23.7 Å².